The van der Waals surface area contributed by atoms with Crippen molar-refractivity contribution < 1.29 is 9.53 Å². The second-order valence-electron chi connectivity index (χ2n) is 4.29. The Labute approximate surface area is 118 Å². The Bertz CT molecular complexity index is 605. The molecule has 0 aromatic heterocycles. The molecule has 2 aromatic carbocycles. The predicted molar refractivity (Wildman–Crippen MR) is 77.3 cm³/mol. The average molecular weight is 275 g/mol. The lowest BCUT2D eigenvalue weighted by molar-refractivity contribution is 0.0986. The molecule has 0 aliphatic carbocycles. The molecule has 2 aromatic rings. The predicted octanol–water partition coefficient (Wildman–Crippen LogP) is 5.03. The molecule has 0 unspecified atom stereocenters. The highest BCUT2D eigenvalue weighted by Crippen LogP contribution is 2.28. The van der Waals surface area contributed by atoms with Gasteiger partial charge in [0.05, 0.1) is 5.56 Å². The molecule has 0 aliphatic rings. The van der Waals surface area contributed by atoms with Crippen molar-refractivity contribution in [2.45, 2.75) is 20.3 Å². The summed E-state index contributed by atoms with van der Waals surface area (Å²) in [4.78, 5) is 11.8. The van der Waals surface area contributed by atoms with Gasteiger partial charge >= 0.3 is 0 Å². The first-order chi connectivity index (χ1) is 9.11. The number of halogens is 1. The lowest BCUT2D eigenvalue weighted by Crippen LogP contribution is -1.99. The summed E-state index contributed by atoms with van der Waals surface area (Å²) in [6.07, 6.45) is 0.458. The van der Waals surface area contributed by atoms with Crippen LogP contribution >= 0.6 is 11.6 Å². The van der Waals surface area contributed by atoms with Crippen LogP contribution in [-0.4, -0.2) is 5.78 Å². The highest BCUT2D eigenvalue weighted by molar-refractivity contribution is 6.31. The summed E-state index contributed by atoms with van der Waals surface area (Å²) in [7, 11) is 0. The molecule has 3 heteroatoms. The van der Waals surface area contributed by atoms with Gasteiger partial charge in [-0.05, 0) is 42.8 Å². The molecule has 0 saturated heterocycles. The van der Waals surface area contributed by atoms with E-state index in [0.29, 0.717) is 28.5 Å². The molecule has 98 valence electrons. The van der Waals surface area contributed by atoms with E-state index in [1.807, 2.05) is 32.0 Å². The van der Waals surface area contributed by atoms with Gasteiger partial charge in [-0.25, -0.2) is 0 Å². The van der Waals surface area contributed by atoms with Crippen LogP contribution in [0.25, 0.3) is 0 Å². The number of para-hydroxylation sites is 1. The smallest absolute Gasteiger partial charge is 0.166 e. The molecular formula is C16H15ClO2. The van der Waals surface area contributed by atoms with Gasteiger partial charge in [0, 0.05) is 11.4 Å². The van der Waals surface area contributed by atoms with Crippen molar-refractivity contribution >= 4 is 17.4 Å². The van der Waals surface area contributed by atoms with Gasteiger partial charge in [0.25, 0.3) is 0 Å². The van der Waals surface area contributed by atoms with E-state index in [-0.39, 0.29) is 5.78 Å². The maximum Gasteiger partial charge on any atom is 0.166 e. The molecule has 19 heavy (non-hydrogen) atoms. The van der Waals surface area contributed by atoms with Crippen LogP contribution in [0.3, 0.4) is 0 Å². The first-order valence-corrected chi connectivity index (χ1v) is 6.56. The van der Waals surface area contributed by atoms with Crippen molar-refractivity contribution in [2.75, 3.05) is 0 Å². The first kappa shape index (κ1) is 13.6. The van der Waals surface area contributed by atoms with Gasteiger partial charge in [-0.15, -0.1) is 0 Å². The molecule has 2 rings (SSSR count). The van der Waals surface area contributed by atoms with Crippen LogP contribution in [0, 0.1) is 6.92 Å². The number of aryl methyl sites for hydroxylation is 1. The number of benzene rings is 2. The van der Waals surface area contributed by atoms with E-state index in [1.54, 1.807) is 24.3 Å². The summed E-state index contributed by atoms with van der Waals surface area (Å²) in [6, 6.07) is 12.7. The number of carbonyl (C=O) groups is 1. The molecule has 0 radical (unpaired) electrons. The largest absolute Gasteiger partial charge is 0.457 e. The maximum absolute atomic E-state index is 11.8. The lowest BCUT2D eigenvalue weighted by atomic mass is 10.1. The summed E-state index contributed by atoms with van der Waals surface area (Å²) in [5, 5.41) is 0.699. The van der Waals surface area contributed by atoms with Crippen LogP contribution in [-0.2, 0) is 0 Å². The molecule has 0 aliphatic heterocycles. The van der Waals surface area contributed by atoms with Gasteiger partial charge in [-0.2, -0.15) is 0 Å². The summed E-state index contributed by atoms with van der Waals surface area (Å²) in [6.45, 7) is 3.75. The first-order valence-electron chi connectivity index (χ1n) is 6.18. The Hall–Kier alpha value is -1.80. The third-order valence-corrected chi connectivity index (χ3v) is 3.29. The minimum absolute atomic E-state index is 0.0706. The highest BCUT2D eigenvalue weighted by Gasteiger charge is 2.11. The quantitative estimate of drug-likeness (QED) is 0.731. The fourth-order valence-electron chi connectivity index (χ4n) is 1.78. The van der Waals surface area contributed by atoms with Crippen LogP contribution in [0.2, 0.25) is 5.02 Å². The summed E-state index contributed by atoms with van der Waals surface area (Å²) in [5.74, 6) is 1.33. The third-order valence-electron chi connectivity index (χ3n) is 2.87. The number of rotatable bonds is 4. The Morgan fingerprint density at radius 3 is 2.63 bits per heavy atom. The van der Waals surface area contributed by atoms with Crippen molar-refractivity contribution in [3.63, 3.8) is 0 Å². The van der Waals surface area contributed by atoms with Crippen LogP contribution in [0.15, 0.2) is 42.5 Å². The summed E-state index contributed by atoms with van der Waals surface area (Å²) in [5.41, 5.74) is 1.55. The van der Waals surface area contributed by atoms with Crippen LogP contribution in [0.4, 0.5) is 0 Å². The van der Waals surface area contributed by atoms with Gasteiger partial charge in [-0.1, -0.05) is 30.7 Å². The maximum atomic E-state index is 11.8. The molecule has 0 fully saturated rings. The zero-order valence-corrected chi connectivity index (χ0v) is 11.7. The molecule has 0 bridgehead atoms. The molecule has 0 spiro atoms. The molecule has 0 heterocycles. The second-order valence-corrected chi connectivity index (χ2v) is 4.69. The van der Waals surface area contributed by atoms with E-state index in [2.05, 4.69) is 0 Å². The Morgan fingerprint density at radius 2 is 1.95 bits per heavy atom. The zero-order chi connectivity index (χ0) is 13.8. The van der Waals surface area contributed by atoms with Crippen molar-refractivity contribution in [2.24, 2.45) is 0 Å². The van der Waals surface area contributed by atoms with Crippen LogP contribution < -0.4 is 4.74 Å². The van der Waals surface area contributed by atoms with Crippen molar-refractivity contribution in [3.8, 4) is 11.5 Å². The zero-order valence-electron chi connectivity index (χ0n) is 10.9. The third kappa shape index (κ3) is 3.15. The number of ether oxygens (including phenoxy) is 1. The summed E-state index contributed by atoms with van der Waals surface area (Å²) >= 11 is 5.98. The van der Waals surface area contributed by atoms with E-state index in [1.165, 1.54) is 0 Å². The molecule has 0 saturated carbocycles. The van der Waals surface area contributed by atoms with E-state index in [9.17, 15) is 4.79 Å². The summed E-state index contributed by atoms with van der Waals surface area (Å²) < 4.78 is 5.79. The normalized spacial score (nSPS) is 10.3. The van der Waals surface area contributed by atoms with E-state index >= 15 is 0 Å². The number of hydrogen-bond donors (Lipinski definition) is 0. The fourth-order valence-corrected chi connectivity index (χ4v) is 1.90. The van der Waals surface area contributed by atoms with Crippen molar-refractivity contribution in [3.05, 3.63) is 58.6 Å². The monoisotopic (exact) mass is 274 g/mol. The van der Waals surface area contributed by atoms with E-state index < -0.39 is 0 Å². The van der Waals surface area contributed by atoms with Gasteiger partial charge in [0.2, 0.25) is 0 Å². The van der Waals surface area contributed by atoms with E-state index in [0.717, 1.165) is 5.56 Å². The van der Waals surface area contributed by atoms with Crippen molar-refractivity contribution in [1.82, 2.24) is 0 Å². The second kappa shape index (κ2) is 5.89. The van der Waals surface area contributed by atoms with Gasteiger partial charge in [0.1, 0.15) is 11.5 Å². The minimum Gasteiger partial charge on any atom is -0.457 e. The average Bonchev–Trinajstić information content (AvgIpc) is 2.43. The standard InChI is InChI=1S/C16H15ClO2/c1-3-15(18)13-6-4-5-7-16(13)19-12-8-9-14(17)11(2)10-12/h4-10H,3H2,1-2H3. The number of hydrogen-bond acceptors (Lipinski definition) is 2. The Morgan fingerprint density at radius 1 is 1.21 bits per heavy atom. The Balaban J connectivity index is 2.32. The van der Waals surface area contributed by atoms with Crippen molar-refractivity contribution in [1.29, 1.82) is 0 Å². The Kier molecular flexibility index (Phi) is 4.23. The molecule has 0 N–H and O–H groups in total. The van der Waals surface area contributed by atoms with Crippen LogP contribution in [0.1, 0.15) is 29.3 Å². The van der Waals surface area contributed by atoms with Gasteiger partial charge in [-0.3, -0.25) is 4.79 Å². The fraction of sp³-hybridized carbons (Fsp3) is 0.188. The lowest BCUT2D eigenvalue weighted by Gasteiger charge is -2.10. The highest BCUT2D eigenvalue weighted by atomic mass is 35.5. The number of carbonyl (C=O) groups excluding carboxylic acids is 1. The number of Topliss-reactive ketones (excluding diaryl/α,β-unsaturated/α-hetero) is 1. The molecular weight excluding hydrogens is 260 g/mol. The molecule has 0 atom stereocenters. The van der Waals surface area contributed by atoms with Gasteiger partial charge in [0.15, 0.2) is 5.78 Å². The molecule has 2 nitrogen and oxygen atoms in total. The van der Waals surface area contributed by atoms with Gasteiger partial charge < -0.3 is 4.74 Å². The minimum atomic E-state index is 0.0706. The molecule has 0 amide bonds. The SMILES string of the molecule is CCC(=O)c1ccccc1Oc1ccc(Cl)c(C)c1. The topological polar surface area (TPSA) is 26.3 Å². The van der Waals surface area contributed by atoms with E-state index in [4.69, 9.17) is 16.3 Å². The van der Waals surface area contributed by atoms with Crippen LogP contribution in [0.5, 0.6) is 11.5 Å². The number of ketones is 1.